The van der Waals surface area contributed by atoms with E-state index in [0.29, 0.717) is 8.90 Å². The topological polar surface area (TPSA) is 55.1 Å². The minimum absolute atomic E-state index is 0.0990. The molecule has 1 aromatic rings. The van der Waals surface area contributed by atoms with Gasteiger partial charge in [0, 0.05) is 5.33 Å². The summed E-state index contributed by atoms with van der Waals surface area (Å²) in [5, 5.41) is 9.81. The number of nitrogens with zero attached hydrogens (tertiary/aromatic N) is 2. The van der Waals surface area contributed by atoms with Crippen molar-refractivity contribution >= 4 is 38.5 Å². The van der Waals surface area contributed by atoms with E-state index in [1.807, 2.05) is 22.6 Å². The summed E-state index contributed by atoms with van der Waals surface area (Å²) in [5.74, 6) is 0. The second-order valence-electron chi connectivity index (χ2n) is 2.91. The van der Waals surface area contributed by atoms with E-state index in [9.17, 15) is 9.90 Å². The van der Waals surface area contributed by atoms with Gasteiger partial charge in [-0.1, -0.05) is 15.9 Å². The van der Waals surface area contributed by atoms with Crippen LogP contribution >= 0.6 is 38.5 Å². The van der Waals surface area contributed by atoms with Crippen molar-refractivity contribution < 1.29 is 5.11 Å². The molecule has 14 heavy (non-hydrogen) atoms. The highest BCUT2D eigenvalue weighted by molar-refractivity contribution is 14.1. The highest BCUT2D eigenvalue weighted by Gasteiger charge is 2.08. The number of rotatable bonds is 3. The summed E-state index contributed by atoms with van der Waals surface area (Å²) in [6.07, 6.45) is 0.902. The maximum absolute atomic E-state index is 11.6. The van der Waals surface area contributed by atoms with Crippen molar-refractivity contribution in [1.82, 2.24) is 9.55 Å². The molecule has 6 heteroatoms. The number of alkyl halides is 1. The van der Waals surface area contributed by atoms with E-state index < -0.39 is 6.10 Å². The normalized spacial score (nSPS) is 12.9. The van der Waals surface area contributed by atoms with Crippen LogP contribution in [0.2, 0.25) is 0 Å². The first-order valence-corrected chi connectivity index (χ1v) is 6.22. The Bertz CT molecular complexity index is 380. The van der Waals surface area contributed by atoms with Gasteiger partial charge in [-0.2, -0.15) is 0 Å². The molecule has 0 aliphatic rings. The molecule has 1 aromatic heterocycles. The number of aryl methyl sites for hydroxylation is 1. The molecule has 0 saturated heterocycles. The van der Waals surface area contributed by atoms with E-state index in [-0.39, 0.29) is 12.1 Å². The molecule has 1 N–H and O–H groups in total. The van der Waals surface area contributed by atoms with Gasteiger partial charge < -0.3 is 5.11 Å². The van der Waals surface area contributed by atoms with Gasteiger partial charge in [0.05, 0.1) is 28.2 Å². The first kappa shape index (κ1) is 12.1. The predicted octanol–water partition coefficient (Wildman–Crippen LogP) is 0.912. The lowest BCUT2D eigenvalue weighted by Crippen LogP contribution is -2.29. The number of aromatic nitrogens is 2. The predicted molar refractivity (Wildman–Crippen MR) is 65.8 cm³/mol. The Morgan fingerprint density at radius 1 is 1.79 bits per heavy atom. The highest BCUT2D eigenvalue weighted by Crippen LogP contribution is 2.02. The van der Waals surface area contributed by atoms with Gasteiger partial charge in [-0.25, -0.2) is 4.98 Å². The molecule has 78 valence electrons. The van der Waals surface area contributed by atoms with E-state index in [2.05, 4.69) is 20.9 Å². The molecule has 0 radical (unpaired) electrons. The molecule has 1 heterocycles. The van der Waals surface area contributed by atoms with Crippen molar-refractivity contribution in [2.45, 2.75) is 19.6 Å². The van der Waals surface area contributed by atoms with Crippen molar-refractivity contribution in [2.75, 3.05) is 5.33 Å². The maximum Gasteiger partial charge on any atom is 0.267 e. The molecule has 1 rings (SSSR count). The number of hydrogen-bond acceptors (Lipinski definition) is 3. The second-order valence-corrected chi connectivity index (χ2v) is 4.64. The van der Waals surface area contributed by atoms with Crippen LogP contribution in [-0.4, -0.2) is 26.1 Å². The molecule has 0 amide bonds. The monoisotopic (exact) mass is 372 g/mol. The summed E-state index contributed by atoms with van der Waals surface area (Å²) in [4.78, 5) is 15.7. The molecule has 4 nitrogen and oxygen atoms in total. The van der Waals surface area contributed by atoms with Gasteiger partial charge in [0.1, 0.15) is 0 Å². The van der Waals surface area contributed by atoms with Gasteiger partial charge in [-0.15, -0.1) is 0 Å². The molecule has 0 aliphatic heterocycles. The van der Waals surface area contributed by atoms with Gasteiger partial charge in [-0.3, -0.25) is 9.36 Å². The zero-order valence-electron chi connectivity index (χ0n) is 7.57. The van der Waals surface area contributed by atoms with E-state index in [1.54, 1.807) is 6.92 Å². The van der Waals surface area contributed by atoms with Gasteiger partial charge in [0.15, 0.2) is 0 Å². The van der Waals surface area contributed by atoms with E-state index in [1.165, 1.54) is 10.9 Å². The zero-order valence-corrected chi connectivity index (χ0v) is 11.3. The average molecular weight is 373 g/mol. The van der Waals surface area contributed by atoms with Gasteiger partial charge >= 0.3 is 0 Å². The summed E-state index contributed by atoms with van der Waals surface area (Å²) < 4.78 is 2.02. The van der Waals surface area contributed by atoms with Crippen molar-refractivity contribution in [2.24, 2.45) is 0 Å². The van der Waals surface area contributed by atoms with Crippen molar-refractivity contribution in [3.63, 3.8) is 0 Å². The smallest absolute Gasteiger partial charge is 0.267 e. The Balaban J connectivity index is 3.00. The van der Waals surface area contributed by atoms with E-state index >= 15 is 0 Å². The van der Waals surface area contributed by atoms with Crippen LogP contribution in [0, 0.1) is 10.5 Å². The van der Waals surface area contributed by atoms with Crippen molar-refractivity contribution in [3.8, 4) is 0 Å². The van der Waals surface area contributed by atoms with Crippen LogP contribution in [0.1, 0.15) is 5.69 Å². The standard InChI is InChI=1S/C8H10BrIN2O2/c1-5-7(10)8(14)12(4-11-5)3-6(13)2-9/h4,6,13H,2-3H2,1H3. The lowest BCUT2D eigenvalue weighted by molar-refractivity contribution is 0.177. The second kappa shape index (κ2) is 5.22. The molecule has 0 bridgehead atoms. The summed E-state index contributed by atoms with van der Waals surface area (Å²) >= 11 is 5.11. The lowest BCUT2D eigenvalue weighted by atomic mass is 10.4. The third-order valence-electron chi connectivity index (χ3n) is 1.74. The van der Waals surface area contributed by atoms with E-state index in [0.717, 1.165) is 5.69 Å². The number of hydrogen-bond donors (Lipinski definition) is 1. The summed E-state index contributed by atoms with van der Waals surface area (Å²) in [7, 11) is 0. The molecule has 0 aromatic carbocycles. The molecule has 0 saturated carbocycles. The van der Waals surface area contributed by atoms with Crippen LogP contribution in [0.25, 0.3) is 0 Å². The first-order valence-electron chi connectivity index (χ1n) is 4.01. The van der Waals surface area contributed by atoms with E-state index in [4.69, 9.17) is 0 Å². The van der Waals surface area contributed by atoms with Crippen molar-refractivity contribution in [3.05, 3.63) is 25.9 Å². The number of aliphatic hydroxyl groups is 1. The Hall–Kier alpha value is 0.0500. The van der Waals surface area contributed by atoms with Crippen LogP contribution in [0.15, 0.2) is 11.1 Å². The molecule has 1 unspecified atom stereocenters. The first-order chi connectivity index (χ1) is 6.56. The summed E-state index contributed by atoms with van der Waals surface area (Å²) in [6, 6.07) is 0. The Kier molecular flexibility index (Phi) is 4.52. The fourth-order valence-corrected chi connectivity index (χ4v) is 1.61. The van der Waals surface area contributed by atoms with Crippen LogP contribution < -0.4 is 5.56 Å². The minimum atomic E-state index is -0.562. The third kappa shape index (κ3) is 2.77. The number of aliphatic hydroxyl groups excluding tert-OH is 1. The van der Waals surface area contributed by atoms with Crippen LogP contribution in [0.4, 0.5) is 0 Å². The van der Waals surface area contributed by atoms with Crippen LogP contribution in [-0.2, 0) is 6.54 Å². The zero-order chi connectivity index (χ0) is 10.7. The Morgan fingerprint density at radius 3 is 3.00 bits per heavy atom. The largest absolute Gasteiger partial charge is 0.390 e. The highest BCUT2D eigenvalue weighted by atomic mass is 127. The Morgan fingerprint density at radius 2 is 2.43 bits per heavy atom. The fraction of sp³-hybridized carbons (Fsp3) is 0.500. The van der Waals surface area contributed by atoms with Gasteiger partial charge in [0.2, 0.25) is 0 Å². The average Bonchev–Trinajstić information content (AvgIpc) is 2.19. The molecular weight excluding hydrogens is 363 g/mol. The lowest BCUT2D eigenvalue weighted by Gasteiger charge is -2.10. The Labute approximate surface area is 104 Å². The molecule has 0 aliphatic carbocycles. The molecule has 0 fully saturated rings. The van der Waals surface area contributed by atoms with Crippen molar-refractivity contribution in [1.29, 1.82) is 0 Å². The molecule has 0 spiro atoms. The summed E-state index contributed by atoms with van der Waals surface area (Å²) in [5.41, 5.74) is 0.623. The summed E-state index contributed by atoms with van der Waals surface area (Å²) in [6.45, 7) is 2.06. The van der Waals surface area contributed by atoms with Crippen LogP contribution in [0.3, 0.4) is 0 Å². The maximum atomic E-state index is 11.6. The number of halogens is 2. The van der Waals surface area contributed by atoms with Crippen LogP contribution in [0.5, 0.6) is 0 Å². The minimum Gasteiger partial charge on any atom is -0.390 e. The molecular formula is C8H10BrIN2O2. The molecule has 1 atom stereocenters. The SMILES string of the molecule is Cc1ncn(CC(O)CBr)c(=O)c1I. The quantitative estimate of drug-likeness (QED) is 0.634. The third-order valence-corrected chi connectivity index (χ3v) is 3.73. The fourth-order valence-electron chi connectivity index (χ4n) is 0.952. The van der Waals surface area contributed by atoms with Gasteiger partial charge in [-0.05, 0) is 29.5 Å². The van der Waals surface area contributed by atoms with Gasteiger partial charge in [0.25, 0.3) is 5.56 Å².